The molecule has 0 saturated carbocycles. The maximum Gasteiger partial charge on any atom is 0.134 e. The number of rotatable bonds is 0. The van der Waals surface area contributed by atoms with Gasteiger partial charge in [0.05, 0.1) is 6.26 Å². The molecule has 0 spiro atoms. The van der Waals surface area contributed by atoms with Crippen molar-refractivity contribution in [2.45, 2.75) is 13.8 Å². The zero-order valence-electron chi connectivity index (χ0n) is 11.6. The Morgan fingerprint density at radius 1 is 0.850 bits per heavy atom. The van der Waals surface area contributed by atoms with Crippen LogP contribution in [0.4, 0.5) is 0 Å². The van der Waals surface area contributed by atoms with Gasteiger partial charge in [-0.25, -0.2) is 0 Å². The van der Waals surface area contributed by atoms with E-state index in [2.05, 4.69) is 42.6 Å². The SMILES string of the molecule is Cc1cccc2ccsc12.Cc1coc2ccccc12. The minimum atomic E-state index is 0.972. The molecule has 1 nitrogen and oxygen atoms in total. The largest absolute Gasteiger partial charge is 0.464 e. The fraction of sp³-hybridized carbons (Fsp3) is 0.111. The van der Waals surface area contributed by atoms with Crippen molar-refractivity contribution < 1.29 is 4.42 Å². The van der Waals surface area contributed by atoms with Gasteiger partial charge in [0.1, 0.15) is 5.58 Å². The molecular formula is C18H16OS. The number of hydrogen-bond acceptors (Lipinski definition) is 2. The fourth-order valence-electron chi connectivity index (χ4n) is 2.25. The highest BCUT2D eigenvalue weighted by Crippen LogP contribution is 2.23. The molecule has 0 aliphatic carbocycles. The molecule has 2 heterocycles. The summed E-state index contributed by atoms with van der Waals surface area (Å²) in [7, 11) is 0. The van der Waals surface area contributed by atoms with Crippen LogP contribution in [0.3, 0.4) is 0 Å². The normalized spacial score (nSPS) is 10.5. The Morgan fingerprint density at radius 2 is 1.70 bits per heavy atom. The van der Waals surface area contributed by atoms with Gasteiger partial charge in [0.25, 0.3) is 0 Å². The monoisotopic (exact) mass is 280 g/mol. The molecule has 4 rings (SSSR count). The summed E-state index contributed by atoms with van der Waals surface area (Å²) < 4.78 is 6.67. The van der Waals surface area contributed by atoms with Crippen molar-refractivity contribution in [2.24, 2.45) is 0 Å². The van der Waals surface area contributed by atoms with Gasteiger partial charge in [-0.3, -0.25) is 0 Å². The highest BCUT2D eigenvalue weighted by atomic mass is 32.1. The Kier molecular flexibility index (Phi) is 3.57. The van der Waals surface area contributed by atoms with E-state index in [9.17, 15) is 0 Å². The van der Waals surface area contributed by atoms with Crippen molar-refractivity contribution in [3.05, 3.63) is 71.3 Å². The van der Waals surface area contributed by atoms with Gasteiger partial charge in [-0.2, -0.15) is 0 Å². The van der Waals surface area contributed by atoms with Gasteiger partial charge in [0.2, 0.25) is 0 Å². The van der Waals surface area contributed by atoms with E-state index in [1.54, 1.807) is 6.26 Å². The molecule has 2 heteroatoms. The van der Waals surface area contributed by atoms with E-state index in [0.717, 1.165) is 5.58 Å². The molecule has 2 aromatic carbocycles. The summed E-state index contributed by atoms with van der Waals surface area (Å²) in [6.45, 7) is 4.20. The fourth-order valence-corrected chi connectivity index (χ4v) is 3.13. The van der Waals surface area contributed by atoms with Crippen LogP contribution in [-0.4, -0.2) is 0 Å². The Balaban J connectivity index is 0.000000121. The van der Waals surface area contributed by atoms with E-state index in [1.165, 1.54) is 26.6 Å². The highest BCUT2D eigenvalue weighted by Gasteiger charge is 1.97. The topological polar surface area (TPSA) is 13.1 Å². The summed E-state index contributed by atoms with van der Waals surface area (Å²) in [6.07, 6.45) is 1.78. The van der Waals surface area contributed by atoms with E-state index in [1.807, 2.05) is 36.5 Å². The Morgan fingerprint density at radius 3 is 2.50 bits per heavy atom. The van der Waals surface area contributed by atoms with Crippen LogP contribution in [0.1, 0.15) is 11.1 Å². The molecule has 4 aromatic rings. The molecule has 0 amide bonds. The Labute approximate surface area is 122 Å². The van der Waals surface area contributed by atoms with Gasteiger partial charge in [-0.15, -0.1) is 11.3 Å². The highest BCUT2D eigenvalue weighted by molar-refractivity contribution is 7.17. The molecule has 0 aliphatic heterocycles. The third-order valence-electron chi connectivity index (χ3n) is 3.35. The van der Waals surface area contributed by atoms with Crippen LogP contribution in [0.25, 0.3) is 21.1 Å². The van der Waals surface area contributed by atoms with Crippen LogP contribution in [0, 0.1) is 13.8 Å². The summed E-state index contributed by atoms with van der Waals surface area (Å²) in [6, 6.07) is 16.6. The number of para-hydroxylation sites is 1. The van der Waals surface area contributed by atoms with E-state index in [4.69, 9.17) is 4.42 Å². The first kappa shape index (κ1) is 12.9. The van der Waals surface area contributed by atoms with E-state index < -0.39 is 0 Å². The molecule has 0 atom stereocenters. The quantitative estimate of drug-likeness (QED) is 0.388. The molecular weight excluding hydrogens is 264 g/mol. The third kappa shape index (κ3) is 2.47. The van der Waals surface area contributed by atoms with Crippen LogP contribution in [-0.2, 0) is 0 Å². The van der Waals surface area contributed by atoms with Crippen LogP contribution >= 0.6 is 11.3 Å². The lowest BCUT2D eigenvalue weighted by atomic mass is 10.2. The van der Waals surface area contributed by atoms with E-state index in [0.29, 0.717) is 0 Å². The second kappa shape index (κ2) is 5.51. The molecule has 0 saturated heterocycles. The maximum absolute atomic E-state index is 5.25. The molecule has 0 radical (unpaired) electrons. The predicted molar refractivity (Wildman–Crippen MR) is 87.5 cm³/mol. The lowest BCUT2D eigenvalue weighted by molar-refractivity contribution is 0.613. The second-order valence-electron chi connectivity index (χ2n) is 4.83. The summed E-state index contributed by atoms with van der Waals surface area (Å²) in [5.74, 6) is 0. The van der Waals surface area contributed by atoms with Crippen LogP contribution < -0.4 is 0 Å². The van der Waals surface area contributed by atoms with Crippen molar-refractivity contribution in [2.75, 3.05) is 0 Å². The van der Waals surface area contributed by atoms with Gasteiger partial charge in [0, 0.05) is 10.1 Å². The van der Waals surface area contributed by atoms with Gasteiger partial charge in [-0.05, 0) is 47.9 Å². The number of furan rings is 1. The molecule has 0 fully saturated rings. The first-order chi connectivity index (χ1) is 9.75. The minimum absolute atomic E-state index is 0.972. The zero-order chi connectivity index (χ0) is 13.9. The van der Waals surface area contributed by atoms with Crippen molar-refractivity contribution in [1.29, 1.82) is 0 Å². The summed E-state index contributed by atoms with van der Waals surface area (Å²) >= 11 is 1.81. The summed E-state index contributed by atoms with van der Waals surface area (Å²) in [4.78, 5) is 0. The molecule has 100 valence electrons. The number of aryl methyl sites for hydroxylation is 2. The maximum atomic E-state index is 5.25. The lowest BCUT2D eigenvalue weighted by Crippen LogP contribution is -1.67. The number of thiophene rings is 1. The average Bonchev–Trinajstić information content (AvgIpc) is 3.08. The second-order valence-corrected chi connectivity index (χ2v) is 5.74. The van der Waals surface area contributed by atoms with Gasteiger partial charge in [0.15, 0.2) is 0 Å². The van der Waals surface area contributed by atoms with Crippen molar-refractivity contribution in [3.63, 3.8) is 0 Å². The molecule has 2 aromatic heterocycles. The van der Waals surface area contributed by atoms with Gasteiger partial charge >= 0.3 is 0 Å². The number of benzene rings is 2. The Bertz CT molecular complexity index is 833. The molecule has 0 aliphatic rings. The smallest absolute Gasteiger partial charge is 0.134 e. The van der Waals surface area contributed by atoms with Crippen molar-refractivity contribution >= 4 is 32.4 Å². The van der Waals surface area contributed by atoms with E-state index >= 15 is 0 Å². The number of fused-ring (bicyclic) bond motifs is 2. The standard InChI is InChI=1S/C9H8O.C9H8S/c1-7-6-10-9-5-3-2-4-8(7)9;1-7-3-2-4-8-5-6-10-9(7)8/h2*2-6H,1H3. The van der Waals surface area contributed by atoms with Crippen LogP contribution in [0.5, 0.6) is 0 Å². The summed E-state index contributed by atoms with van der Waals surface area (Å²) in [5.41, 5.74) is 3.56. The van der Waals surface area contributed by atoms with E-state index in [-0.39, 0.29) is 0 Å². The summed E-state index contributed by atoms with van der Waals surface area (Å²) in [5, 5.41) is 4.71. The molecule has 20 heavy (non-hydrogen) atoms. The average molecular weight is 280 g/mol. The van der Waals surface area contributed by atoms with Crippen LogP contribution in [0.15, 0.2) is 64.6 Å². The third-order valence-corrected chi connectivity index (χ3v) is 4.42. The zero-order valence-corrected chi connectivity index (χ0v) is 12.4. The minimum Gasteiger partial charge on any atom is -0.464 e. The predicted octanol–water partition coefficient (Wildman–Crippen LogP) is 5.95. The van der Waals surface area contributed by atoms with Crippen molar-refractivity contribution in [1.82, 2.24) is 0 Å². The lowest BCUT2D eigenvalue weighted by Gasteiger charge is -1.91. The molecule has 0 unspecified atom stereocenters. The van der Waals surface area contributed by atoms with Crippen molar-refractivity contribution in [3.8, 4) is 0 Å². The van der Waals surface area contributed by atoms with Crippen LogP contribution in [0.2, 0.25) is 0 Å². The van der Waals surface area contributed by atoms with Gasteiger partial charge < -0.3 is 4.42 Å². The first-order valence-corrected chi connectivity index (χ1v) is 7.49. The number of hydrogen-bond donors (Lipinski definition) is 0. The molecule has 0 N–H and O–H groups in total. The first-order valence-electron chi connectivity index (χ1n) is 6.61. The Hall–Kier alpha value is -2.06. The van der Waals surface area contributed by atoms with Gasteiger partial charge in [-0.1, -0.05) is 36.4 Å². The molecule has 0 bridgehead atoms.